The maximum Gasteiger partial charge on any atom is 0.475 e. The molecule has 6 aliphatic rings. The quantitative estimate of drug-likeness (QED) is 0.0334. The number of nitrogens with one attached hydrogen (secondary N) is 3. The molecule has 6 rings (SSSR count). The molecule has 0 aliphatic carbocycles. The predicted molar refractivity (Wildman–Crippen MR) is 258 cm³/mol. The normalized spacial score (nSPS) is 45.3. The number of phosphoric acid groups is 1. The molecule has 0 radical (unpaired) electrons. The molecule has 6 heterocycles. The van der Waals surface area contributed by atoms with Crippen molar-refractivity contribution in [1.29, 1.82) is 0 Å². The first-order valence-electron chi connectivity index (χ1n) is 26.5. The van der Waals surface area contributed by atoms with Crippen LogP contribution in [0.2, 0.25) is 0 Å². The molecule has 19 N–H and O–H groups in total. The zero-order chi connectivity index (χ0) is 63.3. The average Bonchev–Trinajstić information content (AvgIpc) is 1.75. The zero-order valence-corrected chi connectivity index (χ0v) is 46.3. The average molecular weight is 1270 g/mol. The maximum absolute atomic E-state index is 14.0. The van der Waals surface area contributed by atoms with Crippen LogP contribution in [0.4, 0.5) is 13.2 Å². The van der Waals surface area contributed by atoms with E-state index in [0.717, 1.165) is 20.8 Å². The van der Waals surface area contributed by atoms with Gasteiger partial charge in [-0.2, -0.15) is 13.2 Å². The van der Waals surface area contributed by atoms with Gasteiger partial charge in [-0.25, -0.2) is 4.57 Å². The molecule has 0 aromatic heterocycles. The summed E-state index contributed by atoms with van der Waals surface area (Å²) in [5, 5.41) is 169. The number of hydrogen-bond acceptors (Lipinski definition) is 32. The molecule has 1 unspecified atom stereocenters. The second-order valence-corrected chi connectivity index (χ2v) is 22.1. The van der Waals surface area contributed by atoms with E-state index in [2.05, 4.69) is 10.6 Å². The Balaban J connectivity index is 1.13. The van der Waals surface area contributed by atoms with E-state index in [9.17, 15) is 114 Å². The monoisotopic (exact) mass is 1270 g/mol. The van der Waals surface area contributed by atoms with Gasteiger partial charge in [-0.05, 0) is 20.3 Å². The Morgan fingerprint density at radius 3 is 1.31 bits per heavy atom. The van der Waals surface area contributed by atoms with Crippen molar-refractivity contribution in [2.24, 2.45) is 0 Å². The number of carbonyl (C=O) groups excluding carboxylic acids is 3. The van der Waals surface area contributed by atoms with Gasteiger partial charge >= 0.3 is 19.9 Å². The molecule has 40 heteroatoms. The molecule has 0 aromatic rings. The number of amides is 3. The Morgan fingerprint density at radius 1 is 0.471 bits per heavy atom. The molecule has 494 valence electrons. The Kier molecular flexibility index (Phi) is 25.5. The van der Waals surface area contributed by atoms with Gasteiger partial charge in [-0.1, -0.05) is 0 Å². The van der Waals surface area contributed by atoms with Gasteiger partial charge < -0.3 is 150 Å². The Morgan fingerprint density at radius 2 is 0.859 bits per heavy atom. The number of rotatable bonds is 23. The summed E-state index contributed by atoms with van der Waals surface area (Å²) >= 11 is 0. The Labute approximate surface area is 479 Å². The number of aliphatic hydroxyl groups excluding tert-OH is 15. The lowest BCUT2D eigenvalue weighted by Crippen LogP contribution is -2.68. The first kappa shape index (κ1) is 71.3. The molecular weight excluding hydrogens is 1200 g/mol. The third-order valence-electron chi connectivity index (χ3n) is 14.5. The lowest BCUT2D eigenvalue weighted by atomic mass is 9.95. The van der Waals surface area contributed by atoms with E-state index in [1.165, 1.54) is 6.92 Å². The highest BCUT2D eigenvalue weighted by atomic mass is 31.2. The molecule has 0 bridgehead atoms. The SMILES string of the molecule is CC(=O)N[C@@H]1[C@H](O[C@H]2[C@H](O)[C@@H](O)[C@@H](O[C@H]3[C@H](OCCCNC(=O)C(F)(F)F)O[C@@H](C)[C@H](O)[C@H]3O)O[C@@H]2CO)O[C@H](CO)[C@@H](OP(=O)(O)O[C@@H]2O[C@@H](C)[C@H](O)[C@@H](O)[C@H]2O[C@H]2O[C@H](CO)[C@@H](O[C@@H]3O[C@H](CO)[C@@H](O)[C@H](O)[C@@H]3NC(C)=O)[C@H](O)[C@H]2O)[C@@H]1O. The van der Waals surface area contributed by atoms with Crippen molar-refractivity contribution in [3.63, 3.8) is 0 Å². The van der Waals surface area contributed by atoms with Gasteiger partial charge in [0.25, 0.3) is 0 Å². The van der Waals surface area contributed by atoms with Crippen LogP contribution in [0.5, 0.6) is 0 Å². The lowest BCUT2D eigenvalue weighted by molar-refractivity contribution is -0.378. The molecule has 85 heavy (non-hydrogen) atoms. The number of alkyl halides is 3. The van der Waals surface area contributed by atoms with E-state index in [-0.39, 0.29) is 6.42 Å². The minimum atomic E-state index is -5.85. The van der Waals surface area contributed by atoms with E-state index in [4.69, 9.17) is 61.2 Å². The fraction of sp³-hybridized carbons (Fsp3) is 0.933. The van der Waals surface area contributed by atoms with Crippen LogP contribution in [0.1, 0.15) is 34.1 Å². The molecule has 3 amide bonds. The van der Waals surface area contributed by atoms with Crippen LogP contribution in [0.15, 0.2) is 0 Å². The highest BCUT2D eigenvalue weighted by molar-refractivity contribution is 7.47. The van der Waals surface area contributed by atoms with Crippen molar-refractivity contribution in [3.05, 3.63) is 0 Å². The van der Waals surface area contributed by atoms with Gasteiger partial charge in [0.05, 0.1) is 45.2 Å². The number of hydrogen-bond donors (Lipinski definition) is 19. The van der Waals surface area contributed by atoms with Gasteiger partial charge in [0, 0.05) is 20.4 Å². The molecule has 36 nitrogen and oxygen atoms in total. The second-order valence-electron chi connectivity index (χ2n) is 20.7. The Hall–Kier alpha value is -2.73. The van der Waals surface area contributed by atoms with Crippen LogP contribution in [-0.2, 0) is 80.1 Å². The summed E-state index contributed by atoms with van der Waals surface area (Å²) in [4.78, 5) is 47.0. The number of halogens is 3. The third kappa shape index (κ3) is 17.0. The molecule has 6 aliphatic heterocycles. The highest BCUT2D eigenvalue weighted by Gasteiger charge is 2.58. The van der Waals surface area contributed by atoms with Crippen LogP contribution < -0.4 is 16.0 Å². The predicted octanol–water partition coefficient (Wildman–Crippen LogP) is -10.5. The summed E-state index contributed by atoms with van der Waals surface area (Å²) in [6.07, 6.45) is -59.8. The van der Waals surface area contributed by atoms with Gasteiger partial charge in [0.15, 0.2) is 37.7 Å². The minimum absolute atomic E-state index is 0.241. The summed E-state index contributed by atoms with van der Waals surface area (Å²) in [6.45, 7) is -0.803. The van der Waals surface area contributed by atoms with E-state index in [0.29, 0.717) is 0 Å². The fourth-order valence-electron chi connectivity index (χ4n) is 9.97. The van der Waals surface area contributed by atoms with Crippen molar-refractivity contribution < 1.29 is 175 Å². The van der Waals surface area contributed by atoms with Crippen molar-refractivity contribution in [3.8, 4) is 0 Å². The molecular formula is C45H75F3N3O33P. The summed E-state index contributed by atoms with van der Waals surface area (Å²) in [5.41, 5.74) is 0. The van der Waals surface area contributed by atoms with Crippen LogP contribution in [0.25, 0.3) is 0 Å². The van der Waals surface area contributed by atoms with E-state index >= 15 is 0 Å². The minimum Gasteiger partial charge on any atom is -0.394 e. The summed E-state index contributed by atoms with van der Waals surface area (Å²) in [5.74, 6) is -3.93. The second kappa shape index (κ2) is 30.4. The van der Waals surface area contributed by atoms with Crippen molar-refractivity contribution in [2.45, 2.75) is 224 Å². The number of ether oxygens (including phenoxy) is 11. The van der Waals surface area contributed by atoms with Crippen molar-refractivity contribution in [1.82, 2.24) is 16.0 Å². The fourth-order valence-corrected chi connectivity index (χ4v) is 11.0. The maximum atomic E-state index is 14.0. The molecule has 0 saturated carbocycles. The largest absolute Gasteiger partial charge is 0.475 e. The van der Waals surface area contributed by atoms with E-state index < -0.39 is 255 Å². The summed E-state index contributed by atoms with van der Waals surface area (Å²) in [7, 11) is -5.85. The van der Waals surface area contributed by atoms with Crippen LogP contribution in [0.3, 0.4) is 0 Å². The lowest BCUT2D eigenvalue weighted by Gasteiger charge is -2.49. The van der Waals surface area contributed by atoms with Crippen molar-refractivity contribution in [2.75, 3.05) is 39.6 Å². The summed E-state index contributed by atoms with van der Waals surface area (Å²) in [6, 6.07) is -3.52. The number of phosphoric ester groups is 1. The standard InChI is InChI=1S/C45H75F3N3O33P/c1-12-22(58)27(63)36(42(73-12)72-7-5-6-49-44(69)45(46,47)48)81-40-31(67)29(65)34(18(10-54)77-40)80-39-21(51-15(4)57)26(62)35(19(11-55)76-39)83-85(70,71)84-43-37(28(64)23(59)13(2)74-43)82-41-32(68)30(66)33(17(9-53)78-41)79-38-20(50-14(3)56)25(61)24(60)16(8-52)75-38/h12-13,16-43,52-55,58-68H,5-11H2,1-4H3,(H,49,69)(H,50,56)(H,51,57)(H,70,71)/t12-,13-,16+,17+,18+,19+,20-,21-,22-,23-,24+,25+,26+,27+,28+,29+,30+,31+,32+,33+,34+,35+,36+,37+,38-,39-,40+,41+,42+,43-/m0/s1. The van der Waals surface area contributed by atoms with Gasteiger partial charge in [0.2, 0.25) is 11.8 Å². The molecule has 0 aromatic carbocycles. The highest BCUT2D eigenvalue weighted by Crippen LogP contribution is 2.50. The van der Waals surface area contributed by atoms with Gasteiger partial charge in [-0.3, -0.25) is 23.4 Å². The Bertz CT molecular complexity index is 2210. The van der Waals surface area contributed by atoms with E-state index in [1.54, 1.807) is 5.32 Å². The van der Waals surface area contributed by atoms with Gasteiger partial charge in [0.1, 0.15) is 134 Å². The van der Waals surface area contributed by atoms with Gasteiger partial charge in [-0.15, -0.1) is 0 Å². The molecule has 6 fully saturated rings. The van der Waals surface area contributed by atoms with Crippen LogP contribution in [-0.4, -0.2) is 329 Å². The third-order valence-corrected chi connectivity index (χ3v) is 15.5. The zero-order valence-electron chi connectivity index (χ0n) is 45.4. The van der Waals surface area contributed by atoms with E-state index in [1.807, 2.05) is 0 Å². The number of aliphatic hydroxyl groups is 15. The van der Waals surface area contributed by atoms with Crippen LogP contribution >= 0.6 is 7.82 Å². The van der Waals surface area contributed by atoms with Crippen molar-refractivity contribution >= 4 is 25.5 Å². The first-order chi connectivity index (χ1) is 39.8. The number of carbonyl (C=O) groups is 3. The first-order valence-corrected chi connectivity index (χ1v) is 28.0. The molecule has 6 saturated heterocycles. The summed E-state index contributed by atoms with van der Waals surface area (Å²) < 4.78 is 125. The molecule has 31 atom stereocenters. The van der Waals surface area contributed by atoms with Crippen LogP contribution in [0, 0.1) is 0 Å². The molecule has 0 spiro atoms. The topological polar surface area (TPSA) is 548 Å². The smallest absolute Gasteiger partial charge is 0.394 e.